The lowest BCUT2D eigenvalue weighted by molar-refractivity contribution is -0.140. The summed E-state index contributed by atoms with van der Waals surface area (Å²) < 4.78 is 27.3. The molecule has 0 unspecified atom stereocenters. The summed E-state index contributed by atoms with van der Waals surface area (Å²) in [6.45, 7) is 0.619. The summed E-state index contributed by atoms with van der Waals surface area (Å²) in [4.78, 5) is 11.0. The number of rotatable bonds is 8. The lowest BCUT2D eigenvalue weighted by atomic mass is 10.2. The van der Waals surface area contributed by atoms with Crippen molar-refractivity contribution in [2.45, 2.75) is 30.6 Å². The Morgan fingerprint density at radius 2 is 1.95 bits per heavy atom. The SMILES string of the molecule is COC(=O)CCCCCNc1ccccc1S(N)(=O)=O. The van der Waals surface area contributed by atoms with Gasteiger partial charge in [-0.25, -0.2) is 13.6 Å². The van der Waals surface area contributed by atoms with Crippen molar-refractivity contribution in [3.63, 3.8) is 0 Å². The second kappa shape index (κ2) is 7.86. The highest BCUT2D eigenvalue weighted by atomic mass is 32.2. The van der Waals surface area contributed by atoms with Crippen molar-refractivity contribution < 1.29 is 17.9 Å². The highest BCUT2D eigenvalue weighted by Gasteiger charge is 2.12. The molecular formula is C13H20N2O4S. The van der Waals surface area contributed by atoms with Crippen molar-refractivity contribution in [1.82, 2.24) is 0 Å². The predicted octanol–water partition coefficient (Wildman–Crippen LogP) is 1.48. The summed E-state index contributed by atoms with van der Waals surface area (Å²) in [5.41, 5.74) is 0.503. The fourth-order valence-electron chi connectivity index (χ4n) is 1.76. The van der Waals surface area contributed by atoms with E-state index in [-0.39, 0.29) is 10.9 Å². The van der Waals surface area contributed by atoms with Gasteiger partial charge in [0, 0.05) is 13.0 Å². The topological polar surface area (TPSA) is 98.5 Å². The lowest BCUT2D eigenvalue weighted by Crippen LogP contribution is -2.15. The van der Waals surface area contributed by atoms with Gasteiger partial charge in [-0.1, -0.05) is 18.6 Å². The molecule has 0 saturated heterocycles. The van der Waals surface area contributed by atoms with E-state index in [0.717, 1.165) is 19.3 Å². The number of benzene rings is 1. The van der Waals surface area contributed by atoms with Crippen LogP contribution in [-0.4, -0.2) is 28.0 Å². The van der Waals surface area contributed by atoms with E-state index in [1.807, 2.05) is 0 Å². The second-order valence-corrected chi connectivity index (χ2v) is 5.88. The van der Waals surface area contributed by atoms with E-state index in [4.69, 9.17) is 5.14 Å². The third-order valence-electron chi connectivity index (χ3n) is 2.79. The molecule has 1 rings (SSSR count). The van der Waals surface area contributed by atoms with Crippen molar-refractivity contribution in [3.8, 4) is 0 Å². The number of ether oxygens (including phenoxy) is 1. The van der Waals surface area contributed by atoms with E-state index in [9.17, 15) is 13.2 Å². The molecule has 0 heterocycles. The fourth-order valence-corrected chi connectivity index (χ4v) is 2.47. The van der Waals surface area contributed by atoms with Crippen molar-refractivity contribution in [1.29, 1.82) is 0 Å². The van der Waals surface area contributed by atoms with Crippen molar-refractivity contribution in [2.75, 3.05) is 19.0 Å². The van der Waals surface area contributed by atoms with Crippen LogP contribution in [0, 0.1) is 0 Å². The summed E-state index contributed by atoms with van der Waals surface area (Å²) >= 11 is 0. The number of para-hydroxylation sites is 1. The van der Waals surface area contributed by atoms with Crippen LogP contribution in [0.1, 0.15) is 25.7 Å². The lowest BCUT2D eigenvalue weighted by Gasteiger charge is -2.10. The molecule has 3 N–H and O–H groups in total. The molecule has 1 aromatic carbocycles. The summed E-state index contributed by atoms with van der Waals surface area (Å²) in [5.74, 6) is -0.211. The summed E-state index contributed by atoms with van der Waals surface area (Å²) in [6.07, 6.45) is 2.85. The maximum atomic E-state index is 11.4. The Balaban J connectivity index is 2.38. The van der Waals surface area contributed by atoms with Crippen LogP contribution in [0.25, 0.3) is 0 Å². The van der Waals surface area contributed by atoms with Crippen LogP contribution < -0.4 is 10.5 Å². The summed E-state index contributed by atoms with van der Waals surface area (Å²) in [5, 5.41) is 8.19. The normalized spacial score (nSPS) is 11.1. The van der Waals surface area contributed by atoms with E-state index in [1.54, 1.807) is 18.2 Å². The minimum atomic E-state index is -3.72. The van der Waals surface area contributed by atoms with Crippen molar-refractivity contribution >= 4 is 21.7 Å². The van der Waals surface area contributed by atoms with Crippen molar-refractivity contribution in [2.24, 2.45) is 5.14 Å². The molecule has 0 aliphatic heterocycles. The molecule has 7 heteroatoms. The van der Waals surface area contributed by atoms with Gasteiger partial charge in [0.25, 0.3) is 0 Å². The first-order chi connectivity index (χ1) is 9.45. The largest absolute Gasteiger partial charge is 0.469 e. The number of anilines is 1. The number of carbonyl (C=O) groups is 1. The number of hydrogen-bond acceptors (Lipinski definition) is 5. The van der Waals surface area contributed by atoms with Gasteiger partial charge in [-0.2, -0.15) is 0 Å². The standard InChI is InChI=1S/C13H20N2O4S/c1-19-13(16)9-3-2-6-10-15-11-7-4-5-8-12(11)20(14,17)18/h4-5,7-8,15H,2-3,6,9-10H2,1H3,(H2,14,17,18). The number of unbranched alkanes of at least 4 members (excludes halogenated alkanes) is 2. The van der Waals surface area contributed by atoms with Crippen LogP contribution in [0.5, 0.6) is 0 Å². The Hall–Kier alpha value is -1.60. The number of hydrogen-bond donors (Lipinski definition) is 2. The van der Waals surface area contributed by atoms with E-state index in [2.05, 4.69) is 10.1 Å². The second-order valence-electron chi connectivity index (χ2n) is 4.35. The smallest absolute Gasteiger partial charge is 0.305 e. The molecule has 20 heavy (non-hydrogen) atoms. The van der Waals surface area contributed by atoms with Gasteiger partial charge in [0.15, 0.2) is 0 Å². The minimum Gasteiger partial charge on any atom is -0.469 e. The molecule has 1 aromatic rings. The van der Waals surface area contributed by atoms with Crippen LogP contribution in [-0.2, 0) is 19.6 Å². The van der Waals surface area contributed by atoms with Gasteiger partial charge >= 0.3 is 5.97 Å². The van der Waals surface area contributed by atoms with Crippen LogP contribution in [0.2, 0.25) is 0 Å². The number of nitrogens with two attached hydrogens (primary N) is 1. The predicted molar refractivity (Wildman–Crippen MR) is 76.8 cm³/mol. The molecule has 0 saturated carbocycles. The van der Waals surface area contributed by atoms with Crippen LogP contribution in [0.15, 0.2) is 29.2 Å². The average molecular weight is 300 g/mol. The zero-order valence-corrected chi connectivity index (χ0v) is 12.3. The Bertz CT molecular complexity index is 543. The van der Waals surface area contributed by atoms with Gasteiger partial charge in [0.2, 0.25) is 10.0 Å². The molecule has 0 radical (unpaired) electrons. The molecule has 6 nitrogen and oxygen atoms in total. The highest BCUT2D eigenvalue weighted by molar-refractivity contribution is 7.89. The molecule has 0 spiro atoms. The summed E-state index contributed by atoms with van der Waals surface area (Å²) in [7, 11) is -2.35. The molecule has 0 aromatic heterocycles. The molecular weight excluding hydrogens is 280 g/mol. The third kappa shape index (κ3) is 5.58. The van der Waals surface area contributed by atoms with Crippen LogP contribution >= 0.6 is 0 Å². The van der Waals surface area contributed by atoms with Crippen LogP contribution in [0.4, 0.5) is 5.69 Å². The number of sulfonamides is 1. The van der Waals surface area contributed by atoms with Gasteiger partial charge in [0.05, 0.1) is 12.8 Å². The quantitative estimate of drug-likeness (QED) is 0.559. The Morgan fingerprint density at radius 3 is 2.60 bits per heavy atom. The van der Waals surface area contributed by atoms with E-state index >= 15 is 0 Å². The van der Waals surface area contributed by atoms with Gasteiger partial charge in [0.1, 0.15) is 4.90 Å². The first kappa shape index (κ1) is 16.5. The van der Waals surface area contributed by atoms with Gasteiger partial charge in [-0.15, -0.1) is 0 Å². The number of esters is 1. The third-order valence-corrected chi connectivity index (χ3v) is 3.76. The Morgan fingerprint density at radius 1 is 1.25 bits per heavy atom. The Kier molecular flexibility index (Phi) is 6.47. The molecule has 0 aliphatic carbocycles. The number of primary sulfonamides is 1. The number of nitrogens with one attached hydrogen (secondary N) is 1. The first-order valence-electron chi connectivity index (χ1n) is 6.37. The first-order valence-corrected chi connectivity index (χ1v) is 7.92. The van der Waals surface area contributed by atoms with Crippen LogP contribution in [0.3, 0.4) is 0 Å². The molecule has 0 fully saturated rings. The zero-order valence-electron chi connectivity index (χ0n) is 11.5. The minimum absolute atomic E-state index is 0.0922. The van der Waals surface area contributed by atoms with E-state index < -0.39 is 10.0 Å². The van der Waals surface area contributed by atoms with Crippen molar-refractivity contribution in [3.05, 3.63) is 24.3 Å². The maximum absolute atomic E-state index is 11.4. The maximum Gasteiger partial charge on any atom is 0.305 e. The highest BCUT2D eigenvalue weighted by Crippen LogP contribution is 2.19. The molecule has 0 amide bonds. The molecule has 0 bridgehead atoms. The molecule has 112 valence electrons. The van der Waals surface area contributed by atoms with E-state index in [1.165, 1.54) is 13.2 Å². The number of methoxy groups -OCH3 is 1. The summed E-state index contributed by atoms with van der Waals surface area (Å²) in [6, 6.07) is 6.51. The zero-order chi connectivity index (χ0) is 15.0. The number of carbonyl (C=O) groups excluding carboxylic acids is 1. The van der Waals surface area contributed by atoms with Gasteiger partial charge in [-0.05, 0) is 25.0 Å². The fraction of sp³-hybridized carbons (Fsp3) is 0.462. The molecule has 0 aliphatic rings. The average Bonchev–Trinajstić information content (AvgIpc) is 2.41. The Labute approximate surface area is 119 Å². The van der Waals surface area contributed by atoms with Gasteiger partial charge < -0.3 is 10.1 Å². The monoisotopic (exact) mass is 300 g/mol. The van der Waals surface area contributed by atoms with E-state index in [0.29, 0.717) is 18.7 Å². The van der Waals surface area contributed by atoms with Gasteiger partial charge in [-0.3, -0.25) is 4.79 Å². The molecule has 0 atom stereocenters.